The highest BCUT2D eigenvalue weighted by molar-refractivity contribution is 6.39. The Labute approximate surface area is 216 Å². The van der Waals surface area contributed by atoms with Gasteiger partial charge in [-0.05, 0) is 36.6 Å². The zero-order valence-corrected chi connectivity index (χ0v) is 20.4. The summed E-state index contributed by atoms with van der Waals surface area (Å²) in [7, 11) is 0. The second kappa shape index (κ2) is 13.6. The molecule has 0 unspecified atom stereocenters. The number of nitrogens with one attached hydrogen (secondary N) is 1. The van der Waals surface area contributed by atoms with E-state index in [0.29, 0.717) is 12.8 Å². The Hall–Kier alpha value is -3.43. The van der Waals surface area contributed by atoms with Gasteiger partial charge in [0.2, 0.25) is 0 Å². The Balaban J connectivity index is 1.54. The van der Waals surface area contributed by atoms with Gasteiger partial charge in [0.25, 0.3) is 5.91 Å². The third kappa shape index (κ3) is 8.35. The second-order valence-corrected chi connectivity index (χ2v) is 8.24. The molecule has 3 aromatic rings. The number of benzene rings is 2. The van der Waals surface area contributed by atoms with Crippen molar-refractivity contribution in [3.05, 3.63) is 82.1 Å². The van der Waals surface area contributed by atoms with Crippen LogP contribution in [0.5, 0.6) is 11.5 Å². The number of amides is 1. The van der Waals surface area contributed by atoms with Crippen molar-refractivity contribution in [2.75, 3.05) is 11.9 Å². The molecule has 1 heterocycles. The normalized spacial score (nSPS) is 10.7. The van der Waals surface area contributed by atoms with Gasteiger partial charge in [-0.25, -0.2) is 0 Å². The van der Waals surface area contributed by atoms with Crippen molar-refractivity contribution >= 4 is 40.8 Å². The number of ether oxygens (including phenoxy) is 3. The first-order valence-electron chi connectivity index (χ1n) is 10.8. The standard InChI is InChI=1S/C25H22Cl2F2N2O5/c26-18-13-30-14-19(27)23(18)31-24(33)17-9-10-20(36-25(28)29)21(12-17)34-11-5-4-8-22(32)35-15-16-6-2-1-3-7-16/h1-3,6-7,9-10,12-14,25H,4-5,8,11,15H2,(H,30,31,33). The molecule has 0 bridgehead atoms. The predicted octanol–water partition coefficient (Wildman–Crippen LogP) is 6.53. The maximum Gasteiger partial charge on any atom is 0.387 e. The van der Waals surface area contributed by atoms with Crippen molar-refractivity contribution in [3.8, 4) is 11.5 Å². The molecule has 0 aliphatic rings. The van der Waals surface area contributed by atoms with Gasteiger partial charge >= 0.3 is 12.6 Å². The van der Waals surface area contributed by atoms with Crippen molar-refractivity contribution < 1.29 is 32.6 Å². The monoisotopic (exact) mass is 538 g/mol. The van der Waals surface area contributed by atoms with Crippen LogP contribution in [0.1, 0.15) is 35.2 Å². The second-order valence-electron chi connectivity index (χ2n) is 7.42. The summed E-state index contributed by atoms with van der Waals surface area (Å²) in [4.78, 5) is 28.4. The van der Waals surface area contributed by atoms with E-state index in [-0.39, 0.29) is 58.4 Å². The molecule has 0 saturated carbocycles. The summed E-state index contributed by atoms with van der Waals surface area (Å²) in [6.07, 6.45) is 3.70. The molecule has 1 N–H and O–H groups in total. The zero-order valence-electron chi connectivity index (χ0n) is 18.9. The fourth-order valence-corrected chi connectivity index (χ4v) is 3.49. The van der Waals surface area contributed by atoms with Crippen molar-refractivity contribution in [1.29, 1.82) is 0 Å². The molecule has 190 valence electrons. The summed E-state index contributed by atoms with van der Waals surface area (Å²) in [6.45, 7) is -2.80. The van der Waals surface area contributed by atoms with E-state index in [9.17, 15) is 18.4 Å². The van der Waals surface area contributed by atoms with Gasteiger partial charge in [0.1, 0.15) is 6.61 Å². The maximum absolute atomic E-state index is 12.8. The molecule has 36 heavy (non-hydrogen) atoms. The average molecular weight is 539 g/mol. The van der Waals surface area contributed by atoms with Crippen LogP contribution < -0.4 is 14.8 Å². The van der Waals surface area contributed by atoms with Gasteiger partial charge < -0.3 is 19.5 Å². The molecule has 11 heteroatoms. The fraction of sp³-hybridized carbons (Fsp3) is 0.240. The molecule has 0 fully saturated rings. The number of carbonyl (C=O) groups excluding carboxylic acids is 2. The third-order valence-corrected chi connectivity index (χ3v) is 5.36. The molecule has 0 radical (unpaired) electrons. The molecular weight excluding hydrogens is 517 g/mol. The third-order valence-electron chi connectivity index (χ3n) is 4.79. The van der Waals surface area contributed by atoms with Crippen LogP contribution in [-0.4, -0.2) is 30.1 Å². The van der Waals surface area contributed by atoms with E-state index >= 15 is 0 Å². The van der Waals surface area contributed by atoms with E-state index in [2.05, 4.69) is 15.0 Å². The molecule has 0 spiro atoms. The van der Waals surface area contributed by atoms with Crippen LogP contribution in [0.15, 0.2) is 60.9 Å². The fourth-order valence-electron chi connectivity index (χ4n) is 3.04. The predicted molar refractivity (Wildman–Crippen MR) is 131 cm³/mol. The number of carbonyl (C=O) groups is 2. The van der Waals surface area contributed by atoms with E-state index in [4.69, 9.17) is 32.7 Å². The van der Waals surface area contributed by atoms with Gasteiger partial charge in [0.05, 0.1) is 22.3 Å². The molecule has 7 nitrogen and oxygen atoms in total. The van der Waals surface area contributed by atoms with Crippen molar-refractivity contribution in [2.24, 2.45) is 0 Å². The minimum Gasteiger partial charge on any atom is -0.490 e. The lowest BCUT2D eigenvalue weighted by atomic mass is 10.2. The Kier molecular flexibility index (Phi) is 10.3. The minimum absolute atomic E-state index is 0.0541. The van der Waals surface area contributed by atoms with Crippen LogP contribution in [0.4, 0.5) is 14.5 Å². The first-order chi connectivity index (χ1) is 17.3. The quantitative estimate of drug-likeness (QED) is 0.208. The van der Waals surface area contributed by atoms with Crippen molar-refractivity contribution in [1.82, 2.24) is 4.98 Å². The number of anilines is 1. The van der Waals surface area contributed by atoms with Crippen LogP contribution >= 0.6 is 23.2 Å². The summed E-state index contributed by atoms with van der Waals surface area (Å²) in [5, 5.41) is 2.82. The van der Waals surface area contributed by atoms with E-state index in [1.54, 1.807) is 0 Å². The number of alkyl halides is 2. The zero-order chi connectivity index (χ0) is 25.9. The minimum atomic E-state index is -3.08. The Morgan fingerprint density at radius 3 is 2.39 bits per heavy atom. The van der Waals surface area contributed by atoms with Gasteiger partial charge in [-0.3, -0.25) is 14.6 Å². The molecular formula is C25H22Cl2F2N2O5. The van der Waals surface area contributed by atoms with E-state index in [0.717, 1.165) is 5.56 Å². The number of hydrogen-bond acceptors (Lipinski definition) is 6. The lowest BCUT2D eigenvalue weighted by Crippen LogP contribution is -2.14. The van der Waals surface area contributed by atoms with Gasteiger partial charge in [-0.15, -0.1) is 0 Å². The van der Waals surface area contributed by atoms with Crippen LogP contribution in [0.3, 0.4) is 0 Å². The average Bonchev–Trinajstić information content (AvgIpc) is 2.86. The number of hydrogen-bond donors (Lipinski definition) is 1. The Morgan fingerprint density at radius 2 is 1.69 bits per heavy atom. The number of unbranched alkanes of at least 4 members (excludes halogenated alkanes) is 1. The molecule has 2 aromatic carbocycles. The molecule has 3 rings (SSSR count). The van der Waals surface area contributed by atoms with Gasteiger partial charge in [-0.1, -0.05) is 53.5 Å². The van der Waals surface area contributed by atoms with Crippen molar-refractivity contribution in [3.63, 3.8) is 0 Å². The number of pyridine rings is 1. The highest BCUT2D eigenvalue weighted by atomic mass is 35.5. The van der Waals surface area contributed by atoms with E-state index < -0.39 is 12.5 Å². The van der Waals surface area contributed by atoms with Crippen LogP contribution in [0.2, 0.25) is 10.0 Å². The SMILES string of the molecule is O=C(CCCCOc1cc(C(=O)Nc2c(Cl)cncc2Cl)ccc1OC(F)F)OCc1ccccc1. The first kappa shape index (κ1) is 27.2. The largest absolute Gasteiger partial charge is 0.490 e. The summed E-state index contributed by atoms with van der Waals surface area (Å²) < 4.78 is 40.9. The number of halogens is 4. The molecule has 1 aromatic heterocycles. The van der Waals surface area contributed by atoms with Crippen molar-refractivity contribution in [2.45, 2.75) is 32.5 Å². The topological polar surface area (TPSA) is 86.8 Å². The summed E-state index contributed by atoms with van der Waals surface area (Å²) >= 11 is 12.0. The highest BCUT2D eigenvalue weighted by Crippen LogP contribution is 2.32. The molecule has 0 aliphatic carbocycles. The summed E-state index contributed by atoms with van der Waals surface area (Å²) in [6, 6.07) is 13.1. The molecule has 0 atom stereocenters. The van der Waals surface area contributed by atoms with Crippen LogP contribution in [-0.2, 0) is 16.1 Å². The van der Waals surface area contributed by atoms with E-state index in [1.165, 1.54) is 30.6 Å². The van der Waals surface area contributed by atoms with Gasteiger partial charge in [-0.2, -0.15) is 8.78 Å². The number of aromatic nitrogens is 1. The van der Waals surface area contributed by atoms with Crippen LogP contribution in [0.25, 0.3) is 0 Å². The maximum atomic E-state index is 12.8. The first-order valence-corrected chi connectivity index (χ1v) is 11.6. The Bertz CT molecular complexity index is 1160. The summed E-state index contributed by atoms with van der Waals surface area (Å²) in [5.74, 6) is -1.24. The van der Waals surface area contributed by atoms with Gasteiger partial charge in [0, 0.05) is 24.4 Å². The Morgan fingerprint density at radius 1 is 0.972 bits per heavy atom. The lowest BCUT2D eigenvalue weighted by Gasteiger charge is -2.14. The van der Waals surface area contributed by atoms with Gasteiger partial charge in [0.15, 0.2) is 11.5 Å². The molecule has 0 aliphatic heterocycles. The molecule has 1 amide bonds. The summed E-state index contributed by atoms with van der Waals surface area (Å²) in [5.41, 5.74) is 1.14. The number of rotatable bonds is 12. The smallest absolute Gasteiger partial charge is 0.387 e. The molecule has 0 saturated heterocycles. The number of nitrogens with zero attached hydrogens (tertiary/aromatic N) is 1. The van der Waals surface area contributed by atoms with E-state index in [1.807, 2.05) is 30.3 Å². The van der Waals surface area contributed by atoms with Crippen LogP contribution in [0, 0.1) is 0 Å². The lowest BCUT2D eigenvalue weighted by molar-refractivity contribution is -0.145. The highest BCUT2D eigenvalue weighted by Gasteiger charge is 2.17. The number of esters is 1.